The normalized spacial score (nSPS) is 12.8. The van der Waals surface area contributed by atoms with Crippen molar-refractivity contribution in [2.45, 2.75) is 24.9 Å². The third kappa shape index (κ3) is 6.61. The molecule has 0 saturated heterocycles. The first-order valence-electron chi connectivity index (χ1n) is 9.40. The van der Waals surface area contributed by atoms with Gasteiger partial charge < -0.3 is 16.8 Å². The molecule has 170 valence electrons. The summed E-state index contributed by atoms with van der Waals surface area (Å²) >= 11 is 0. The zero-order valence-electron chi connectivity index (χ0n) is 17.4. The molecule has 0 aromatic heterocycles. The van der Waals surface area contributed by atoms with Gasteiger partial charge in [-0.3, -0.25) is 19.6 Å². The zero-order valence-corrected chi connectivity index (χ0v) is 17.4. The van der Waals surface area contributed by atoms with Gasteiger partial charge in [0.2, 0.25) is 5.91 Å². The maximum Gasteiger partial charge on any atom is 0.268 e. The molecule has 7 N–H and O–H groups in total. The van der Waals surface area contributed by atoms with Gasteiger partial charge in [-0.25, -0.2) is 14.3 Å². The Bertz CT molecular complexity index is 1160. The molecule has 3 amide bonds. The molecule has 0 radical (unpaired) electrons. The predicted molar refractivity (Wildman–Crippen MR) is 115 cm³/mol. The summed E-state index contributed by atoms with van der Waals surface area (Å²) in [5, 5.41) is 10.9. The molecule has 0 saturated carbocycles. The molecular formula is C23H20F2N4O4. The fraction of sp³-hybridized carbons (Fsp3) is 0.174. The van der Waals surface area contributed by atoms with E-state index < -0.39 is 35.7 Å². The highest BCUT2D eigenvalue weighted by Gasteiger charge is 2.44. The first kappa shape index (κ1) is 25.0. The quantitative estimate of drug-likeness (QED) is 0.249. The zero-order chi connectivity index (χ0) is 24.6. The molecule has 0 heterocycles. The Morgan fingerprint density at radius 3 is 1.79 bits per heavy atom. The molecule has 2 rings (SSSR count). The van der Waals surface area contributed by atoms with Gasteiger partial charge in [0.05, 0.1) is 0 Å². The van der Waals surface area contributed by atoms with E-state index in [0.717, 1.165) is 6.92 Å². The van der Waals surface area contributed by atoms with Crippen molar-refractivity contribution in [3.05, 3.63) is 70.8 Å². The van der Waals surface area contributed by atoms with Crippen LogP contribution in [0.15, 0.2) is 48.5 Å². The Hall–Kier alpha value is -4.25. The summed E-state index contributed by atoms with van der Waals surface area (Å²) in [6, 6.07) is 10.2. The van der Waals surface area contributed by atoms with Crippen LogP contribution in [0.5, 0.6) is 0 Å². The molecule has 10 heteroatoms. The molecule has 0 aliphatic rings. The van der Waals surface area contributed by atoms with Gasteiger partial charge >= 0.3 is 0 Å². The maximum atomic E-state index is 13.2. The summed E-state index contributed by atoms with van der Waals surface area (Å²) in [4.78, 5) is 35.2. The molecule has 8 nitrogen and oxygen atoms in total. The van der Waals surface area contributed by atoms with Crippen molar-refractivity contribution in [2.24, 2.45) is 11.5 Å². The minimum atomic E-state index is -3.15. The predicted octanol–water partition coefficient (Wildman–Crippen LogP) is 0.775. The second-order valence-corrected chi connectivity index (χ2v) is 7.07. The molecule has 33 heavy (non-hydrogen) atoms. The number of carbonyl (C=O) groups is 3. The summed E-state index contributed by atoms with van der Waals surface area (Å²) < 4.78 is 26.4. The highest BCUT2D eigenvalue weighted by atomic mass is 19.3. The molecule has 2 aromatic rings. The number of rotatable bonds is 6. The highest BCUT2D eigenvalue weighted by Crippen LogP contribution is 2.18. The topological polar surface area (TPSA) is 148 Å². The van der Waals surface area contributed by atoms with E-state index in [-0.39, 0.29) is 5.56 Å². The summed E-state index contributed by atoms with van der Waals surface area (Å²) in [5.74, 6) is 8.20. The van der Waals surface area contributed by atoms with Crippen LogP contribution < -0.4 is 22.3 Å². The monoisotopic (exact) mass is 454 g/mol. The maximum absolute atomic E-state index is 13.2. The molecule has 0 aliphatic heterocycles. The number of hydrogen-bond acceptors (Lipinski definition) is 5. The van der Waals surface area contributed by atoms with Crippen LogP contribution in [0.3, 0.4) is 0 Å². The van der Waals surface area contributed by atoms with Crippen LogP contribution in [0.25, 0.3) is 0 Å². The van der Waals surface area contributed by atoms with E-state index in [9.17, 15) is 23.2 Å². The Morgan fingerprint density at radius 2 is 1.39 bits per heavy atom. The minimum Gasteiger partial charge on any atom is -0.366 e. The fourth-order valence-corrected chi connectivity index (χ4v) is 2.54. The van der Waals surface area contributed by atoms with Gasteiger partial charge in [-0.05, 0) is 67.3 Å². The van der Waals surface area contributed by atoms with Crippen LogP contribution in [-0.2, 0) is 4.79 Å². The molecule has 1 unspecified atom stereocenters. The number of alkyl halides is 2. The number of carbonyl (C=O) groups excluding carboxylic acids is 3. The van der Waals surface area contributed by atoms with Gasteiger partial charge in [0.1, 0.15) is 11.6 Å². The van der Waals surface area contributed by atoms with E-state index >= 15 is 0 Å². The van der Waals surface area contributed by atoms with Gasteiger partial charge in [0, 0.05) is 22.3 Å². The van der Waals surface area contributed by atoms with E-state index in [4.69, 9.17) is 16.7 Å². The van der Waals surface area contributed by atoms with E-state index in [1.807, 2.05) is 0 Å². The van der Waals surface area contributed by atoms with Gasteiger partial charge in [-0.15, -0.1) is 0 Å². The third-order valence-electron chi connectivity index (χ3n) is 4.53. The standard InChI is InChI=1S/C23H20F2N4O4/c1-23(27,22(24)25)18(21(32)29-33)28-20(31)17-12-8-15(9-13-17)5-3-2-4-14-6-10-16(11-7-14)19(26)30/h6-13,18,22,33H,27H2,1H3,(H2,26,30)(H,28,31)(H,29,32)/t18-,23?/m1/s1. The fourth-order valence-electron chi connectivity index (χ4n) is 2.54. The van der Waals surface area contributed by atoms with Crippen LogP contribution in [-0.4, -0.2) is 40.9 Å². The van der Waals surface area contributed by atoms with Crippen molar-refractivity contribution in [2.75, 3.05) is 0 Å². The van der Waals surface area contributed by atoms with Crippen molar-refractivity contribution in [1.29, 1.82) is 0 Å². The lowest BCUT2D eigenvalue weighted by Crippen LogP contribution is -2.66. The summed E-state index contributed by atoms with van der Waals surface area (Å²) in [6.45, 7) is 0.879. The van der Waals surface area contributed by atoms with Crippen molar-refractivity contribution >= 4 is 17.7 Å². The lowest BCUT2D eigenvalue weighted by molar-refractivity contribution is -0.134. The van der Waals surface area contributed by atoms with Crippen LogP contribution in [0.4, 0.5) is 8.78 Å². The lowest BCUT2D eigenvalue weighted by Gasteiger charge is -2.32. The summed E-state index contributed by atoms with van der Waals surface area (Å²) in [5.41, 5.74) is 11.0. The smallest absolute Gasteiger partial charge is 0.268 e. The highest BCUT2D eigenvalue weighted by molar-refractivity contribution is 5.98. The van der Waals surface area contributed by atoms with Crippen LogP contribution in [0.2, 0.25) is 0 Å². The molecule has 0 bridgehead atoms. The molecule has 2 atom stereocenters. The second kappa shape index (κ2) is 10.9. The second-order valence-electron chi connectivity index (χ2n) is 7.07. The molecule has 0 aliphatic carbocycles. The average molecular weight is 454 g/mol. The Labute approximate surface area is 188 Å². The first-order valence-corrected chi connectivity index (χ1v) is 9.40. The molecule has 2 aromatic carbocycles. The number of hydrogen-bond donors (Lipinski definition) is 5. The van der Waals surface area contributed by atoms with Gasteiger partial charge in [-0.1, -0.05) is 11.8 Å². The van der Waals surface area contributed by atoms with Crippen molar-refractivity contribution in [1.82, 2.24) is 10.8 Å². The van der Waals surface area contributed by atoms with E-state index in [1.165, 1.54) is 29.7 Å². The number of halogens is 2. The van der Waals surface area contributed by atoms with Gasteiger partial charge in [0.15, 0.2) is 0 Å². The number of amides is 3. The number of nitrogens with two attached hydrogens (primary N) is 2. The first-order chi connectivity index (χ1) is 15.6. The largest absolute Gasteiger partial charge is 0.366 e. The number of benzene rings is 2. The van der Waals surface area contributed by atoms with Crippen LogP contribution in [0.1, 0.15) is 38.8 Å². The van der Waals surface area contributed by atoms with Crippen molar-refractivity contribution in [3.8, 4) is 23.7 Å². The molecular weight excluding hydrogens is 434 g/mol. The lowest BCUT2D eigenvalue weighted by atomic mass is 9.92. The van der Waals surface area contributed by atoms with Crippen molar-refractivity contribution < 1.29 is 28.4 Å². The van der Waals surface area contributed by atoms with Gasteiger partial charge in [0.25, 0.3) is 18.2 Å². The number of nitrogens with one attached hydrogen (secondary N) is 2. The van der Waals surface area contributed by atoms with Crippen molar-refractivity contribution in [3.63, 3.8) is 0 Å². The summed E-state index contributed by atoms with van der Waals surface area (Å²) in [7, 11) is 0. The van der Waals surface area contributed by atoms with Gasteiger partial charge in [-0.2, -0.15) is 0 Å². The van der Waals surface area contributed by atoms with Crippen LogP contribution in [0, 0.1) is 23.7 Å². The third-order valence-corrected chi connectivity index (χ3v) is 4.53. The SMILES string of the molecule is CC(N)(C(F)F)[C@H](NC(=O)c1ccc(C#CC#Cc2ccc(C(N)=O)cc2)cc1)C(=O)NO. The van der Waals surface area contributed by atoms with E-state index in [2.05, 4.69) is 29.0 Å². The van der Waals surface area contributed by atoms with E-state index in [0.29, 0.717) is 16.7 Å². The minimum absolute atomic E-state index is 0.0574. The number of hydroxylamine groups is 1. The Morgan fingerprint density at radius 1 is 0.939 bits per heavy atom. The Kier molecular flexibility index (Phi) is 8.24. The number of primary amides is 1. The Balaban J connectivity index is 2.09. The average Bonchev–Trinajstić information content (AvgIpc) is 2.80. The molecule has 0 spiro atoms. The summed E-state index contributed by atoms with van der Waals surface area (Å²) in [6.07, 6.45) is -3.15. The van der Waals surface area contributed by atoms with Crippen LogP contribution >= 0.6 is 0 Å². The van der Waals surface area contributed by atoms with E-state index in [1.54, 1.807) is 24.3 Å². The molecule has 0 fully saturated rings.